The minimum atomic E-state index is 0.768. The van der Waals surface area contributed by atoms with Crippen LogP contribution in [0.25, 0.3) is 0 Å². The summed E-state index contributed by atoms with van der Waals surface area (Å²) in [6.07, 6.45) is 4.15. The molecule has 1 aliphatic rings. The average molecular weight is 274 g/mol. The van der Waals surface area contributed by atoms with Crippen LogP contribution >= 0.6 is 27.3 Å². The summed E-state index contributed by atoms with van der Waals surface area (Å²) >= 11 is 5.37. The van der Waals surface area contributed by atoms with E-state index in [2.05, 4.69) is 39.9 Å². The fourth-order valence-corrected chi connectivity index (χ4v) is 3.54. The predicted molar refractivity (Wildman–Crippen MR) is 65.7 cm³/mol. The normalized spacial score (nSPS) is 24.0. The Morgan fingerprint density at radius 3 is 3.00 bits per heavy atom. The summed E-state index contributed by atoms with van der Waals surface area (Å²) < 4.78 is 1.25. The number of nitrogens with zero attached hydrogens (tertiary/aromatic N) is 1. The maximum atomic E-state index is 3.51. The van der Waals surface area contributed by atoms with Crippen LogP contribution in [0.3, 0.4) is 0 Å². The largest absolute Gasteiger partial charge is 0.296 e. The van der Waals surface area contributed by atoms with Crippen LogP contribution in [0.15, 0.2) is 15.9 Å². The van der Waals surface area contributed by atoms with Crippen LogP contribution in [0, 0.1) is 0 Å². The second-order valence-corrected chi connectivity index (χ2v) is 6.57. The number of piperidine rings is 1. The smallest absolute Gasteiger partial charge is 0.0701 e. The van der Waals surface area contributed by atoms with Crippen molar-refractivity contribution in [2.75, 3.05) is 6.54 Å². The van der Waals surface area contributed by atoms with E-state index < -0.39 is 0 Å². The number of halogens is 1. The summed E-state index contributed by atoms with van der Waals surface area (Å²) in [6, 6.07) is 5.15. The van der Waals surface area contributed by atoms with Crippen LogP contribution in [0.1, 0.15) is 31.1 Å². The van der Waals surface area contributed by atoms with E-state index in [9.17, 15) is 0 Å². The van der Waals surface area contributed by atoms with Crippen LogP contribution < -0.4 is 0 Å². The standard InChI is InChI=1S/C11H16BrNS/c1-9-4-2-3-7-13(9)8-10-5-6-11(12)14-10/h5-6,9H,2-4,7-8H2,1H3. The molecule has 1 aromatic heterocycles. The third-order valence-corrected chi connectivity index (χ3v) is 4.54. The monoisotopic (exact) mass is 273 g/mol. The van der Waals surface area contributed by atoms with Crippen LogP contribution in [0.5, 0.6) is 0 Å². The zero-order valence-electron chi connectivity index (χ0n) is 8.50. The van der Waals surface area contributed by atoms with Crippen molar-refractivity contribution >= 4 is 27.3 Å². The van der Waals surface area contributed by atoms with Gasteiger partial charge in [-0.3, -0.25) is 4.90 Å². The molecule has 1 fully saturated rings. The molecule has 0 radical (unpaired) electrons. The average Bonchev–Trinajstić information content (AvgIpc) is 2.56. The summed E-state index contributed by atoms with van der Waals surface area (Å²) in [5.41, 5.74) is 0. The van der Waals surface area contributed by atoms with Crippen molar-refractivity contribution in [2.24, 2.45) is 0 Å². The molecule has 1 aliphatic heterocycles. The fraction of sp³-hybridized carbons (Fsp3) is 0.636. The maximum Gasteiger partial charge on any atom is 0.0701 e. The molecule has 1 unspecified atom stereocenters. The highest BCUT2D eigenvalue weighted by atomic mass is 79.9. The number of likely N-dealkylation sites (tertiary alicyclic amines) is 1. The molecule has 78 valence electrons. The summed E-state index contributed by atoms with van der Waals surface area (Å²) in [5, 5.41) is 0. The highest BCUT2D eigenvalue weighted by Crippen LogP contribution is 2.26. The van der Waals surface area contributed by atoms with E-state index in [4.69, 9.17) is 0 Å². The lowest BCUT2D eigenvalue weighted by Gasteiger charge is -2.32. The van der Waals surface area contributed by atoms with Gasteiger partial charge in [0.1, 0.15) is 0 Å². The van der Waals surface area contributed by atoms with E-state index in [1.54, 1.807) is 0 Å². The van der Waals surface area contributed by atoms with Gasteiger partial charge in [0.2, 0.25) is 0 Å². The van der Waals surface area contributed by atoms with Crippen molar-refractivity contribution in [3.8, 4) is 0 Å². The van der Waals surface area contributed by atoms with Gasteiger partial charge in [0.25, 0.3) is 0 Å². The van der Waals surface area contributed by atoms with Gasteiger partial charge in [-0.25, -0.2) is 0 Å². The lowest BCUT2D eigenvalue weighted by atomic mass is 10.0. The molecule has 0 spiro atoms. The molecule has 0 amide bonds. The van der Waals surface area contributed by atoms with Crippen molar-refractivity contribution in [1.82, 2.24) is 4.90 Å². The first-order valence-corrected chi connectivity index (χ1v) is 6.85. The molecular weight excluding hydrogens is 258 g/mol. The number of hydrogen-bond acceptors (Lipinski definition) is 2. The van der Waals surface area contributed by atoms with Gasteiger partial charge in [0.05, 0.1) is 3.79 Å². The Hall–Kier alpha value is 0.140. The van der Waals surface area contributed by atoms with Gasteiger partial charge < -0.3 is 0 Å². The highest BCUT2D eigenvalue weighted by molar-refractivity contribution is 9.11. The van der Waals surface area contributed by atoms with E-state index in [1.807, 2.05) is 11.3 Å². The lowest BCUT2D eigenvalue weighted by molar-refractivity contribution is 0.154. The Labute approximate surface area is 98.2 Å². The van der Waals surface area contributed by atoms with Gasteiger partial charge >= 0.3 is 0 Å². The first-order valence-electron chi connectivity index (χ1n) is 5.24. The minimum absolute atomic E-state index is 0.768. The molecule has 3 heteroatoms. The highest BCUT2D eigenvalue weighted by Gasteiger charge is 2.18. The Morgan fingerprint density at radius 2 is 2.36 bits per heavy atom. The minimum Gasteiger partial charge on any atom is -0.296 e. The molecule has 0 aliphatic carbocycles. The zero-order valence-corrected chi connectivity index (χ0v) is 10.9. The summed E-state index contributed by atoms with van der Waals surface area (Å²) in [7, 11) is 0. The van der Waals surface area contributed by atoms with Crippen molar-refractivity contribution in [2.45, 2.75) is 38.8 Å². The topological polar surface area (TPSA) is 3.24 Å². The number of rotatable bonds is 2. The van der Waals surface area contributed by atoms with Gasteiger partial charge in [0, 0.05) is 17.5 Å². The van der Waals surface area contributed by atoms with Crippen molar-refractivity contribution in [1.29, 1.82) is 0 Å². The van der Waals surface area contributed by atoms with Gasteiger partial charge in [-0.2, -0.15) is 0 Å². The van der Waals surface area contributed by atoms with E-state index in [1.165, 1.54) is 34.5 Å². The second kappa shape index (κ2) is 4.77. The van der Waals surface area contributed by atoms with Crippen LogP contribution in [-0.4, -0.2) is 17.5 Å². The Morgan fingerprint density at radius 1 is 1.50 bits per heavy atom. The van der Waals surface area contributed by atoms with Gasteiger partial charge in [-0.05, 0) is 54.4 Å². The second-order valence-electron chi connectivity index (χ2n) is 4.02. The molecule has 0 aromatic carbocycles. The van der Waals surface area contributed by atoms with Crippen molar-refractivity contribution < 1.29 is 0 Å². The Balaban J connectivity index is 1.95. The van der Waals surface area contributed by atoms with E-state index in [-0.39, 0.29) is 0 Å². The quantitative estimate of drug-likeness (QED) is 0.791. The van der Waals surface area contributed by atoms with Crippen LogP contribution in [0.2, 0.25) is 0 Å². The molecule has 0 saturated carbocycles. The lowest BCUT2D eigenvalue weighted by Crippen LogP contribution is -2.36. The molecule has 1 nitrogen and oxygen atoms in total. The summed E-state index contributed by atoms with van der Waals surface area (Å²) in [5.74, 6) is 0. The Bertz CT molecular complexity index is 297. The molecular formula is C11H16BrNS. The number of hydrogen-bond donors (Lipinski definition) is 0. The fourth-order valence-electron chi connectivity index (χ4n) is 2.03. The van der Waals surface area contributed by atoms with E-state index in [0.717, 1.165) is 12.6 Å². The van der Waals surface area contributed by atoms with Gasteiger partial charge in [-0.1, -0.05) is 6.42 Å². The van der Waals surface area contributed by atoms with Gasteiger partial charge in [0.15, 0.2) is 0 Å². The van der Waals surface area contributed by atoms with Crippen LogP contribution in [0.4, 0.5) is 0 Å². The molecule has 1 atom stereocenters. The van der Waals surface area contributed by atoms with Gasteiger partial charge in [-0.15, -0.1) is 11.3 Å². The third kappa shape index (κ3) is 2.59. The summed E-state index contributed by atoms with van der Waals surface area (Å²) in [6.45, 7) is 4.76. The molecule has 1 aromatic rings. The molecule has 1 saturated heterocycles. The first-order chi connectivity index (χ1) is 6.75. The molecule has 0 N–H and O–H groups in total. The SMILES string of the molecule is CC1CCCCN1Cc1ccc(Br)s1. The Kier molecular flexibility index (Phi) is 3.63. The zero-order chi connectivity index (χ0) is 9.97. The molecule has 0 bridgehead atoms. The van der Waals surface area contributed by atoms with Crippen LogP contribution in [-0.2, 0) is 6.54 Å². The first kappa shape index (κ1) is 10.7. The summed E-state index contributed by atoms with van der Waals surface area (Å²) in [4.78, 5) is 4.08. The van der Waals surface area contributed by atoms with E-state index >= 15 is 0 Å². The van der Waals surface area contributed by atoms with Crippen molar-refractivity contribution in [3.63, 3.8) is 0 Å². The molecule has 2 heterocycles. The van der Waals surface area contributed by atoms with Crippen molar-refractivity contribution in [3.05, 3.63) is 20.8 Å². The predicted octanol–water partition coefficient (Wildman–Crippen LogP) is 3.89. The third-order valence-electron chi connectivity index (χ3n) is 2.93. The molecule has 14 heavy (non-hydrogen) atoms. The molecule has 2 rings (SSSR count). The number of thiophene rings is 1. The van der Waals surface area contributed by atoms with E-state index in [0.29, 0.717) is 0 Å². The maximum absolute atomic E-state index is 3.51.